The fraction of sp³-hybridized carbons (Fsp3) is 0.231. The Hall–Kier alpha value is -2.15. The van der Waals surface area contributed by atoms with Crippen LogP contribution in [0, 0.1) is 0 Å². The highest BCUT2D eigenvalue weighted by Gasteiger charge is 2.09. The van der Waals surface area contributed by atoms with Crippen molar-refractivity contribution in [3.63, 3.8) is 0 Å². The molecule has 102 valence electrons. The van der Waals surface area contributed by atoms with E-state index < -0.39 is 0 Å². The molecule has 0 bridgehead atoms. The first-order valence-corrected chi connectivity index (χ1v) is 7.06. The Kier molecular flexibility index (Phi) is 3.51. The predicted molar refractivity (Wildman–Crippen MR) is 75.6 cm³/mol. The van der Waals surface area contributed by atoms with Crippen LogP contribution in [0.25, 0.3) is 16.6 Å². The summed E-state index contributed by atoms with van der Waals surface area (Å²) >= 11 is 1.43. The van der Waals surface area contributed by atoms with Gasteiger partial charge in [0, 0.05) is 11.1 Å². The molecule has 0 fully saturated rings. The first-order chi connectivity index (χ1) is 9.78. The van der Waals surface area contributed by atoms with E-state index >= 15 is 0 Å². The van der Waals surface area contributed by atoms with Crippen molar-refractivity contribution in [3.05, 3.63) is 30.6 Å². The van der Waals surface area contributed by atoms with Gasteiger partial charge in [0.25, 0.3) is 0 Å². The minimum atomic E-state index is -0.228. The summed E-state index contributed by atoms with van der Waals surface area (Å²) in [5.41, 5.74) is 1.66. The summed E-state index contributed by atoms with van der Waals surface area (Å²) < 4.78 is 6.25. The van der Waals surface area contributed by atoms with E-state index in [1.54, 1.807) is 10.8 Å². The molecule has 0 spiro atoms. The van der Waals surface area contributed by atoms with Crippen molar-refractivity contribution in [1.29, 1.82) is 0 Å². The van der Waals surface area contributed by atoms with E-state index in [0.717, 1.165) is 16.6 Å². The van der Waals surface area contributed by atoms with Crippen LogP contribution in [-0.4, -0.2) is 38.4 Å². The number of methoxy groups -OCH3 is 1. The van der Waals surface area contributed by atoms with Crippen LogP contribution in [0.1, 0.15) is 6.42 Å². The Morgan fingerprint density at radius 1 is 1.40 bits per heavy atom. The maximum Gasteiger partial charge on any atom is 0.306 e. The summed E-state index contributed by atoms with van der Waals surface area (Å²) in [6.07, 6.45) is 1.99. The first-order valence-electron chi connectivity index (χ1n) is 6.07. The average Bonchev–Trinajstić information content (AvgIpc) is 2.90. The Morgan fingerprint density at radius 3 is 3.10 bits per heavy atom. The number of carbonyl (C=O) groups is 1. The van der Waals surface area contributed by atoms with Crippen molar-refractivity contribution in [3.8, 4) is 0 Å². The van der Waals surface area contributed by atoms with Gasteiger partial charge in [-0.25, -0.2) is 14.5 Å². The molecule has 0 saturated carbocycles. The number of hydrogen-bond donors (Lipinski definition) is 0. The molecule has 7 heteroatoms. The third-order valence-corrected chi connectivity index (χ3v) is 3.67. The molecule has 2 heterocycles. The van der Waals surface area contributed by atoms with E-state index in [4.69, 9.17) is 0 Å². The van der Waals surface area contributed by atoms with Crippen molar-refractivity contribution in [2.45, 2.75) is 11.6 Å². The summed E-state index contributed by atoms with van der Waals surface area (Å²) in [6, 6.07) is 7.79. The largest absolute Gasteiger partial charge is 0.469 e. The van der Waals surface area contributed by atoms with Gasteiger partial charge in [-0.3, -0.25) is 4.79 Å². The number of fused-ring (bicyclic) bond motifs is 3. The highest BCUT2D eigenvalue weighted by molar-refractivity contribution is 7.99. The molecular formula is C13H12N4O2S. The van der Waals surface area contributed by atoms with Crippen LogP contribution in [0.5, 0.6) is 0 Å². The molecule has 0 amide bonds. The maximum absolute atomic E-state index is 11.1. The monoisotopic (exact) mass is 288 g/mol. The second-order valence-electron chi connectivity index (χ2n) is 4.10. The average molecular weight is 288 g/mol. The topological polar surface area (TPSA) is 69.4 Å². The Labute approximate surface area is 119 Å². The molecule has 0 saturated heterocycles. The zero-order chi connectivity index (χ0) is 13.9. The van der Waals surface area contributed by atoms with Gasteiger partial charge in [-0.1, -0.05) is 23.9 Å². The van der Waals surface area contributed by atoms with Crippen LogP contribution in [0.4, 0.5) is 0 Å². The summed E-state index contributed by atoms with van der Waals surface area (Å²) in [6.45, 7) is 0. The van der Waals surface area contributed by atoms with Gasteiger partial charge in [0.15, 0.2) is 5.65 Å². The van der Waals surface area contributed by atoms with Crippen LogP contribution in [-0.2, 0) is 9.53 Å². The molecule has 0 unspecified atom stereocenters. The van der Waals surface area contributed by atoms with E-state index in [0.29, 0.717) is 17.3 Å². The smallest absolute Gasteiger partial charge is 0.306 e. The van der Waals surface area contributed by atoms with Gasteiger partial charge < -0.3 is 4.74 Å². The zero-order valence-electron chi connectivity index (χ0n) is 10.8. The third kappa shape index (κ3) is 2.44. The number of rotatable bonds is 4. The quantitative estimate of drug-likeness (QED) is 0.540. The summed E-state index contributed by atoms with van der Waals surface area (Å²) in [5.74, 6) is 0.364. The van der Waals surface area contributed by atoms with Crippen LogP contribution < -0.4 is 0 Å². The van der Waals surface area contributed by atoms with Gasteiger partial charge in [-0.2, -0.15) is 0 Å². The second kappa shape index (κ2) is 5.46. The number of aromatic nitrogens is 4. The molecular weight excluding hydrogens is 276 g/mol. The number of carbonyl (C=O) groups excluding carboxylic acids is 1. The molecule has 3 rings (SSSR count). The Morgan fingerprint density at radius 2 is 2.25 bits per heavy atom. The fourth-order valence-electron chi connectivity index (χ4n) is 1.85. The van der Waals surface area contributed by atoms with Crippen molar-refractivity contribution >= 4 is 34.3 Å². The minimum Gasteiger partial charge on any atom is -0.469 e. The number of esters is 1. The lowest BCUT2D eigenvalue weighted by atomic mass is 10.2. The highest BCUT2D eigenvalue weighted by atomic mass is 32.2. The van der Waals surface area contributed by atoms with Crippen molar-refractivity contribution in [1.82, 2.24) is 19.6 Å². The number of thioether (sulfide) groups is 1. The molecule has 2 aromatic heterocycles. The molecule has 1 aromatic carbocycles. The molecule has 0 N–H and O–H groups in total. The first kappa shape index (κ1) is 12.9. The van der Waals surface area contributed by atoms with Crippen molar-refractivity contribution in [2.24, 2.45) is 0 Å². The third-order valence-electron chi connectivity index (χ3n) is 2.83. The van der Waals surface area contributed by atoms with E-state index in [1.807, 2.05) is 24.3 Å². The van der Waals surface area contributed by atoms with Gasteiger partial charge >= 0.3 is 5.97 Å². The van der Waals surface area contributed by atoms with Gasteiger partial charge in [-0.05, 0) is 12.1 Å². The SMILES string of the molecule is COC(=O)CCSc1nc2c3ccccc3ncn2n1. The van der Waals surface area contributed by atoms with Gasteiger partial charge in [0.2, 0.25) is 5.16 Å². The standard InChI is InChI=1S/C13H12N4O2S/c1-19-11(18)6-7-20-13-15-12-9-4-2-3-5-10(9)14-8-17(12)16-13/h2-5,8H,6-7H2,1H3. The van der Waals surface area contributed by atoms with E-state index in [-0.39, 0.29) is 5.97 Å². The maximum atomic E-state index is 11.1. The van der Waals surface area contributed by atoms with Crippen LogP contribution in [0.15, 0.2) is 35.7 Å². The molecule has 3 aromatic rings. The number of ether oxygens (including phenoxy) is 1. The number of nitrogens with zero attached hydrogens (tertiary/aromatic N) is 4. The molecule has 0 atom stereocenters. The Bertz CT molecular complexity index is 771. The number of para-hydroxylation sites is 1. The molecule has 0 aliphatic heterocycles. The van der Waals surface area contributed by atoms with Gasteiger partial charge in [0.05, 0.1) is 19.0 Å². The zero-order valence-corrected chi connectivity index (χ0v) is 11.6. The predicted octanol–water partition coefficient (Wildman–Crippen LogP) is 1.93. The number of hydrogen-bond acceptors (Lipinski definition) is 6. The lowest BCUT2D eigenvalue weighted by Gasteiger charge is -1.96. The molecule has 20 heavy (non-hydrogen) atoms. The van der Waals surface area contributed by atoms with Crippen molar-refractivity contribution < 1.29 is 9.53 Å². The van der Waals surface area contributed by atoms with Crippen LogP contribution in [0.3, 0.4) is 0 Å². The van der Waals surface area contributed by atoms with Crippen LogP contribution in [0.2, 0.25) is 0 Å². The normalized spacial score (nSPS) is 11.1. The molecule has 0 radical (unpaired) electrons. The van der Waals surface area contributed by atoms with Gasteiger partial charge in [0.1, 0.15) is 6.33 Å². The van der Waals surface area contributed by atoms with Gasteiger partial charge in [-0.15, -0.1) is 5.10 Å². The van der Waals surface area contributed by atoms with E-state index in [1.165, 1.54) is 18.9 Å². The van der Waals surface area contributed by atoms with Crippen molar-refractivity contribution in [2.75, 3.05) is 12.9 Å². The van der Waals surface area contributed by atoms with Crippen LogP contribution >= 0.6 is 11.8 Å². The molecule has 6 nitrogen and oxygen atoms in total. The second-order valence-corrected chi connectivity index (χ2v) is 5.16. The minimum absolute atomic E-state index is 0.228. The lowest BCUT2D eigenvalue weighted by Crippen LogP contribution is -2.01. The number of benzene rings is 1. The van der Waals surface area contributed by atoms with E-state index in [9.17, 15) is 4.79 Å². The summed E-state index contributed by atoms with van der Waals surface area (Å²) in [4.78, 5) is 19.9. The highest BCUT2D eigenvalue weighted by Crippen LogP contribution is 2.20. The molecule has 0 aliphatic carbocycles. The fourth-order valence-corrected chi connectivity index (χ4v) is 2.60. The Balaban J connectivity index is 1.87. The van der Waals surface area contributed by atoms with E-state index in [2.05, 4.69) is 19.8 Å². The lowest BCUT2D eigenvalue weighted by molar-refractivity contribution is -0.140. The summed E-state index contributed by atoms with van der Waals surface area (Å²) in [7, 11) is 1.38. The summed E-state index contributed by atoms with van der Waals surface area (Å²) in [5, 5.41) is 5.93. The molecule has 0 aliphatic rings.